The van der Waals surface area contributed by atoms with Gasteiger partial charge in [-0.1, -0.05) is 30.3 Å². The van der Waals surface area contributed by atoms with Crippen molar-refractivity contribution < 1.29 is 9.53 Å². The molecule has 33 heavy (non-hydrogen) atoms. The number of rotatable bonds is 8. The van der Waals surface area contributed by atoms with E-state index in [-0.39, 0.29) is 11.5 Å². The lowest BCUT2D eigenvalue weighted by atomic mass is 10.1. The number of ether oxygens (including phenoxy) is 1. The van der Waals surface area contributed by atoms with Crippen LogP contribution in [0.5, 0.6) is 5.75 Å². The Kier molecular flexibility index (Phi) is 6.95. The Labute approximate surface area is 195 Å². The van der Waals surface area contributed by atoms with Crippen molar-refractivity contribution in [3.05, 3.63) is 88.2 Å². The first-order chi connectivity index (χ1) is 16.0. The molecule has 1 atom stereocenters. The maximum atomic E-state index is 12.7. The molecule has 1 amide bonds. The van der Waals surface area contributed by atoms with Crippen LogP contribution in [0.1, 0.15) is 18.7 Å². The molecule has 2 aromatic carbocycles. The Morgan fingerprint density at radius 2 is 1.82 bits per heavy atom. The van der Waals surface area contributed by atoms with Gasteiger partial charge < -0.3 is 10.1 Å². The van der Waals surface area contributed by atoms with Crippen LogP contribution in [0.2, 0.25) is 0 Å². The van der Waals surface area contributed by atoms with Gasteiger partial charge in [0.25, 0.3) is 5.56 Å². The van der Waals surface area contributed by atoms with Crippen LogP contribution in [-0.4, -0.2) is 34.3 Å². The van der Waals surface area contributed by atoms with Crippen LogP contribution in [0.25, 0.3) is 21.8 Å². The Hall–Kier alpha value is -3.78. The second kappa shape index (κ2) is 10.2. The van der Waals surface area contributed by atoms with E-state index >= 15 is 0 Å². The van der Waals surface area contributed by atoms with Crippen LogP contribution >= 0.6 is 11.3 Å². The zero-order valence-corrected chi connectivity index (χ0v) is 19.2. The van der Waals surface area contributed by atoms with Gasteiger partial charge in [-0.2, -0.15) is 5.10 Å². The van der Waals surface area contributed by atoms with Gasteiger partial charge in [0, 0.05) is 35.5 Å². The quantitative estimate of drug-likeness (QED) is 0.430. The normalized spacial score (nSPS) is 11.7. The molecule has 4 rings (SSSR count). The lowest BCUT2D eigenvalue weighted by molar-refractivity contribution is -0.124. The fourth-order valence-corrected chi connectivity index (χ4v) is 4.19. The summed E-state index contributed by atoms with van der Waals surface area (Å²) in [4.78, 5) is 29.7. The average molecular weight is 461 g/mol. The third kappa shape index (κ3) is 5.35. The fourth-order valence-electron chi connectivity index (χ4n) is 3.33. The third-order valence-corrected chi connectivity index (χ3v) is 6.15. The smallest absolute Gasteiger partial charge is 0.267 e. The monoisotopic (exact) mass is 460 g/mol. The zero-order valence-electron chi connectivity index (χ0n) is 18.4. The van der Waals surface area contributed by atoms with E-state index in [1.54, 1.807) is 31.4 Å². The second-order valence-electron chi connectivity index (χ2n) is 7.46. The predicted octanol–water partition coefficient (Wildman–Crippen LogP) is 3.96. The molecule has 0 bridgehead atoms. The molecule has 0 fully saturated rings. The average Bonchev–Trinajstić information content (AvgIpc) is 3.33. The van der Waals surface area contributed by atoms with Crippen molar-refractivity contribution >= 4 is 17.2 Å². The van der Waals surface area contributed by atoms with Crippen molar-refractivity contribution in [1.82, 2.24) is 20.1 Å². The first kappa shape index (κ1) is 22.4. The summed E-state index contributed by atoms with van der Waals surface area (Å²) in [5.74, 6) is 0.464. The van der Waals surface area contributed by atoms with Gasteiger partial charge in [0.2, 0.25) is 5.91 Å². The largest absolute Gasteiger partial charge is 0.497 e. The number of hydrogen-bond acceptors (Lipinski definition) is 6. The molecular weight excluding hydrogens is 436 g/mol. The standard InChI is InChI=1S/C25H24N4O3S/c1-17(29-23(30)13-12-22(28-29)18-8-10-21(32-2)11-9-18)24(31)26-15-14-20-16-33-25(27-20)19-6-4-3-5-7-19/h3-13,16-17H,14-15H2,1-2H3,(H,26,31). The summed E-state index contributed by atoms with van der Waals surface area (Å²) in [7, 11) is 1.60. The number of hydrogen-bond donors (Lipinski definition) is 1. The zero-order chi connectivity index (χ0) is 23.2. The van der Waals surface area contributed by atoms with Crippen LogP contribution in [0.15, 0.2) is 76.9 Å². The van der Waals surface area contributed by atoms with Gasteiger partial charge in [0.05, 0.1) is 18.5 Å². The molecule has 0 aliphatic heterocycles. The summed E-state index contributed by atoms with van der Waals surface area (Å²) < 4.78 is 6.39. The Bertz CT molecular complexity index is 1280. The molecule has 1 N–H and O–H groups in total. The van der Waals surface area contributed by atoms with Crippen LogP contribution in [0.4, 0.5) is 0 Å². The minimum atomic E-state index is -0.744. The van der Waals surface area contributed by atoms with Crippen LogP contribution in [0, 0.1) is 0 Å². The van der Waals surface area contributed by atoms with E-state index in [1.165, 1.54) is 10.7 Å². The molecule has 0 radical (unpaired) electrons. The highest BCUT2D eigenvalue weighted by atomic mass is 32.1. The van der Waals surface area contributed by atoms with Crippen molar-refractivity contribution in [3.8, 4) is 27.6 Å². The van der Waals surface area contributed by atoms with Crippen molar-refractivity contribution in [2.24, 2.45) is 0 Å². The van der Waals surface area contributed by atoms with E-state index in [4.69, 9.17) is 4.74 Å². The summed E-state index contributed by atoms with van der Waals surface area (Å²) in [6.07, 6.45) is 0.607. The minimum absolute atomic E-state index is 0.269. The summed E-state index contributed by atoms with van der Waals surface area (Å²) >= 11 is 1.58. The Morgan fingerprint density at radius 3 is 2.55 bits per heavy atom. The second-order valence-corrected chi connectivity index (χ2v) is 8.32. The number of carbonyl (C=O) groups is 1. The topological polar surface area (TPSA) is 86.1 Å². The lowest BCUT2D eigenvalue weighted by Crippen LogP contribution is -2.37. The summed E-state index contributed by atoms with van der Waals surface area (Å²) in [5, 5.41) is 10.3. The van der Waals surface area contributed by atoms with Gasteiger partial charge in [-0.15, -0.1) is 11.3 Å². The number of thiazole rings is 1. The molecule has 8 heteroatoms. The van der Waals surface area contributed by atoms with E-state index in [2.05, 4.69) is 15.4 Å². The number of methoxy groups -OCH3 is 1. The van der Waals surface area contributed by atoms with Gasteiger partial charge in [-0.25, -0.2) is 9.67 Å². The minimum Gasteiger partial charge on any atom is -0.497 e. The van der Waals surface area contributed by atoms with Crippen molar-refractivity contribution in [1.29, 1.82) is 0 Å². The third-order valence-electron chi connectivity index (χ3n) is 5.21. The molecule has 0 aliphatic carbocycles. The van der Waals surface area contributed by atoms with E-state index in [1.807, 2.05) is 60.0 Å². The van der Waals surface area contributed by atoms with E-state index in [0.29, 0.717) is 18.7 Å². The number of aromatic nitrogens is 3. The highest BCUT2D eigenvalue weighted by molar-refractivity contribution is 7.13. The van der Waals surface area contributed by atoms with Gasteiger partial charge >= 0.3 is 0 Å². The SMILES string of the molecule is COc1ccc(-c2ccc(=O)n(C(C)C(=O)NCCc3csc(-c4ccccc4)n3)n2)cc1. The maximum absolute atomic E-state index is 12.7. The molecule has 168 valence electrons. The van der Waals surface area contributed by atoms with Gasteiger partial charge in [0.1, 0.15) is 16.8 Å². The van der Waals surface area contributed by atoms with Crippen molar-refractivity contribution in [3.63, 3.8) is 0 Å². The molecule has 2 heterocycles. The molecular formula is C25H24N4O3S. The van der Waals surface area contributed by atoms with Gasteiger partial charge in [0.15, 0.2) is 0 Å². The highest BCUT2D eigenvalue weighted by Crippen LogP contribution is 2.23. The summed E-state index contributed by atoms with van der Waals surface area (Å²) in [6.45, 7) is 2.09. The van der Waals surface area contributed by atoms with Crippen LogP contribution in [-0.2, 0) is 11.2 Å². The van der Waals surface area contributed by atoms with Crippen LogP contribution < -0.4 is 15.6 Å². The number of carbonyl (C=O) groups excluding carboxylic acids is 1. The number of nitrogens with one attached hydrogen (secondary N) is 1. The Balaban J connectivity index is 1.39. The molecule has 0 saturated carbocycles. The van der Waals surface area contributed by atoms with E-state index in [0.717, 1.165) is 27.6 Å². The lowest BCUT2D eigenvalue weighted by Gasteiger charge is -2.15. The predicted molar refractivity (Wildman–Crippen MR) is 129 cm³/mol. The van der Waals surface area contributed by atoms with E-state index in [9.17, 15) is 9.59 Å². The first-order valence-corrected chi connectivity index (χ1v) is 11.4. The molecule has 2 aromatic heterocycles. The molecule has 0 aliphatic rings. The van der Waals surface area contributed by atoms with Crippen molar-refractivity contribution in [2.45, 2.75) is 19.4 Å². The summed E-state index contributed by atoms with van der Waals surface area (Å²) in [5.41, 5.74) is 3.10. The molecule has 1 unspecified atom stereocenters. The van der Waals surface area contributed by atoms with Gasteiger partial charge in [-0.3, -0.25) is 9.59 Å². The highest BCUT2D eigenvalue weighted by Gasteiger charge is 2.18. The van der Waals surface area contributed by atoms with Gasteiger partial charge in [-0.05, 0) is 37.3 Å². The molecule has 0 saturated heterocycles. The maximum Gasteiger partial charge on any atom is 0.267 e. The fraction of sp³-hybridized carbons (Fsp3) is 0.200. The molecule has 7 nitrogen and oxygen atoms in total. The van der Waals surface area contributed by atoms with Crippen molar-refractivity contribution in [2.75, 3.05) is 13.7 Å². The summed E-state index contributed by atoms with van der Waals surface area (Å²) in [6, 6.07) is 19.7. The van der Waals surface area contributed by atoms with E-state index < -0.39 is 6.04 Å². The Morgan fingerprint density at radius 1 is 1.06 bits per heavy atom. The number of benzene rings is 2. The number of nitrogens with zero attached hydrogens (tertiary/aromatic N) is 3. The van der Waals surface area contributed by atoms with Crippen LogP contribution in [0.3, 0.4) is 0 Å². The molecule has 4 aromatic rings. The first-order valence-electron chi connectivity index (χ1n) is 10.6. The molecule has 0 spiro atoms. The number of amides is 1.